The predicted molar refractivity (Wildman–Crippen MR) is 79.2 cm³/mol. The SMILES string of the molecule is CCc1cccc(-c2ccc(C(N)=O)cc2)c1CC. The molecule has 0 aliphatic carbocycles. The third kappa shape index (κ3) is 2.68. The zero-order chi connectivity index (χ0) is 13.8. The summed E-state index contributed by atoms with van der Waals surface area (Å²) in [6.45, 7) is 4.35. The topological polar surface area (TPSA) is 43.1 Å². The van der Waals surface area contributed by atoms with Gasteiger partial charge in [0.2, 0.25) is 5.91 Å². The maximum Gasteiger partial charge on any atom is 0.248 e. The number of hydrogen-bond donors (Lipinski definition) is 1. The van der Waals surface area contributed by atoms with Crippen molar-refractivity contribution in [1.82, 2.24) is 0 Å². The molecule has 2 aromatic rings. The first-order valence-corrected chi connectivity index (χ1v) is 6.68. The van der Waals surface area contributed by atoms with Gasteiger partial charge in [-0.25, -0.2) is 0 Å². The molecule has 2 rings (SSSR count). The molecule has 0 aliphatic heterocycles. The van der Waals surface area contributed by atoms with Gasteiger partial charge in [-0.15, -0.1) is 0 Å². The highest BCUT2D eigenvalue weighted by atomic mass is 16.1. The third-order valence-electron chi connectivity index (χ3n) is 3.49. The fourth-order valence-corrected chi connectivity index (χ4v) is 2.47. The second kappa shape index (κ2) is 5.70. The Kier molecular flexibility index (Phi) is 4.00. The molecule has 0 unspecified atom stereocenters. The van der Waals surface area contributed by atoms with E-state index in [2.05, 4.69) is 32.0 Å². The number of rotatable bonds is 4. The number of nitrogens with two attached hydrogens (primary N) is 1. The Balaban J connectivity index is 2.49. The zero-order valence-corrected chi connectivity index (χ0v) is 11.4. The summed E-state index contributed by atoms with van der Waals surface area (Å²) in [5, 5.41) is 0. The van der Waals surface area contributed by atoms with E-state index in [1.54, 1.807) is 12.1 Å². The molecular weight excluding hydrogens is 234 g/mol. The van der Waals surface area contributed by atoms with Crippen molar-refractivity contribution in [3.8, 4) is 11.1 Å². The van der Waals surface area contributed by atoms with Crippen LogP contribution in [0.3, 0.4) is 0 Å². The van der Waals surface area contributed by atoms with Crippen molar-refractivity contribution in [3.63, 3.8) is 0 Å². The lowest BCUT2D eigenvalue weighted by Gasteiger charge is -2.13. The molecule has 0 radical (unpaired) electrons. The summed E-state index contributed by atoms with van der Waals surface area (Å²) in [7, 11) is 0. The Morgan fingerprint density at radius 2 is 1.68 bits per heavy atom. The van der Waals surface area contributed by atoms with Gasteiger partial charge in [0.15, 0.2) is 0 Å². The summed E-state index contributed by atoms with van der Waals surface area (Å²) in [5.41, 5.74) is 11.0. The van der Waals surface area contributed by atoms with Crippen molar-refractivity contribution in [1.29, 1.82) is 0 Å². The van der Waals surface area contributed by atoms with E-state index in [0.29, 0.717) is 5.56 Å². The van der Waals surface area contributed by atoms with Crippen LogP contribution in [0.4, 0.5) is 0 Å². The lowest BCUT2D eigenvalue weighted by molar-refractivity contribution is 0.100. The Labute approximate surface area is 114 Å². The number of amides is 1. The van der Waals surface area contributed by atoms with Gasteiger partial charge in [0.05, 0.1) is 0 Å². The van der Waals surface area contributed by atoms with Crippen LogP contribution in [0.2, 0.25) is 0 Å². The molecule has 0 fully saturated rings. The molecule has 0 bridgehead atoms. The van der Waals surface area contributed by atoms with Gasteiger partial charge in [0, 0.05) is 5.56 Å². The molecule has 0 atom stereocenters. The first-order chi connectivity index (χ1) is 9.17. The van der Waals surface area contributed by atoms with Crippen LogP contribution in [0.15, 0.2) is 42.5 Å². The molecule has 0 aliphatic rings. The second-order valence-electron chi connectivity index (χ2n) is 4.59. The molecule has 19 heavy (non-hydrogen) atoms. The van der Waals surface area contributed by atoms with Gasteiger partial charge in [0.25, 0.3) is 0 Å². The van der Waals surface area contributed by atoms with E-state index < -0.39 is 0 Å². The van der Waals surface area contributed by atoms with Crippen LogP contribution in [0, 0.1) is 0 Å². The molecule has 2 heteroatoms. The van der Waals surface area contributed by atoms with Crippen LogP contribution in [-0.4, -0.2) is 5.91 Å². The van der Waals surface area contributed by atoms with Gasteiger partial charge >= 0.3 is 0 Å². The van der Waals surface area contributed by atoms with Gasteiger partial charge in [-0.2, -0.15) is 0 Å². The summed E-state index contributed by atoms with van der Waals surface area (Å²) in [6, 6.07) is 13.9. The molecule has 0 saturated heterocycles. The van der Waals surface area contributed by atoms with Crippen molar-refractivity contribution in [2.45, 2.75) is 26.7 Å². The maximum atomic E-state index is 11.1. The van der Waals surface area contributed by atoms with Crippen LogP contribution in [0.1, 0.15) is 35.3 Å². The second-order valence-corrected chi connectivity index (χ2v) is 4.59. The van der Waals surface area contributed by atoms with Crippen molar-refractivity contribution in [3.05, 3.63) is 59.2 Å². The van der Waals surface area contributed by atoms with Crippen LogP contribution in [-0.2, 0) is 12.8 Å². The normalized spacial score (nSPS) is 10.4. The average Bonchev–Trinajstić information content (AvgIpc) is 2.46. The van der Waals surface area contributed by atoms with Gasteiger partial charge in [0.1, 0.15) is 0 Å². The van der Waals surface area contributed by atoms with Crippen LogP contribution < -0.4 is 5.73 Å². The number of primary amides is 1. The first-order valence-electron chi connectivity index (χ1n) is 6.68. The highest BCUT2D eigenvalue weighted by Gasteiger charge is 2.08. The highest BCUT2D eigenvalue weighted by molar-refractivity contribution is 5.93. The van der Waals surface area contributed by atoms with Crippen molar-refractivity contribution in [2.75, 3.05) is 0 Å². The molecule has 0 spiro atoms. The summed E-state index contributed by atoms with van der Waals surface area (Å²) < 4.78 is 0. The van der Waals surface area contributed by atoms with Gasteiger partial charge in [-0.05, 0) is 47.2 Å². The predicted octanol–water partition coefficient (Wildman–Crippen LogP) is 3.58. The van der Waals surface area contributed by atoms with E-state index in [1.807, 2.05) is 12.1 Å². The Morgan fingerprint density at radius 3 is 2.21 bits per heavy atom. The standard InChI is InChI=1S/C17H19NO/c1-3-12-6-5-7-16(15(12)4-2)13-8-10-14(11-9-13)17(18)19/h5-11H,3-4H2,1-2H3,(H2,18,19). The number of carbonyl (C=O) groups is 1. The van der Waals surface area contributed by atoms with E-state index in [0.717, 1.165) is 18.4 Å². The number of hydrogen-bond acceptors (Lipinski definition) is 1. The molecule has 2 nitrogen and oxygen atoms in total. The molecule has 0 aromatic heterocycles. The van der Waals surface area contributed by atoms with E-state index in [-0.39, 0.29) is 5.91 Å². The van der Waals surface area contributed by atoms with Crippen LogP contribution in [0.25, 0.3) is 11.1 Å². The number of carbonyl (C=O) groups excluding carboxylic acids is 1. The Hall–Kier alpha value is -2.09. The summed E-state index contributed by atoms with van der Waals surface area (Å²) in [6.07, 6.45) is 2.05. The Morgan fingerprint density at radius 1 is 1.00 bits per heavy atom. The maximum absolute atomic E-state index is 11.1. The smallest absolute Gasteiger partial charge is 0.248 e. The van der Waals surface area contributed by atoms with E-state index in [1.165, 1.54) is 16.7 Å². The summed E-state index contributed by atoms with van der Waals surface area (Å²) in [5.74, 6) is -0.385. The van der Waals surface area contributed by atoms with Crippen LogP contribution in [0.5, 0.6) is 0 Å². The lowest BCUT2D eigenvalue weighted by atomic mass is 9.92. The largest absolute Gasteiger partial charge is 0.366 e. The van der Waals surface area contributed by atoms with Crippen molar-refractivity contribution in [2.24, 2.45) is 5.73 Å². The molecule has 2 aromatic carbocycles. The average molecular weight is 253 g/mol. The molecule has 0 heterocycles. The number of aryl methyl sites for hydroxylation is 1. The first kappa shape index (κ1) is 13.3. The van der Waals surface area contributed by atoms with Crippen LogP contribution >= 0.6 is 0 Å². The van der Waals surface area contributed by atoms with Crippen molar-refractivity contribution < 1.29 is 4.79 Å². The van der Waals surface area contributed by atoms with E-state index in [9.17, 15) is 4.79 Å². The van der Waals surface area contributed by atoms with Gasteiger partial charge in [-0.3, -0.25) is 4.79 Å². The molecule has 98 valence electrons. The molecule has 2 N–H and O–H groups in total. The molecule has 0 saturated carbocycles. The zero-order valence-electron chi connectivity index (χ0n) is 11.4. The molecular formula is C17H19NO. The fraction of sp³-hybridized carbons (Fsp3) is 0.235. The highest BCUT2D eigenvalue weighted by Crippen LogP contribution is 2.27. The number of benzene rings is 2. The minimum absolute atomic E-state index is 0.385. The summed E-state index contributed by atoms with van der Waals surface area (Å²) in [4.78, 5) is 11.1. The fourth-order valence-electron chi connectivity index (χ4n) is 2.47. The monoisotopic (exact) mass is 253 g/mol. The summed E-state index contributed by atoms with van der Waals surface area (Å²) >= 11 is 0. The lowest BCUT2D eigenvalue weighted by Crippen LogP contribution is -2.10. The minimum atomic E-state index is -0.385. The van der Waals surface area contributed by atoms with E-state index in [4.69, 9.17) is 5.73 Å². The minimum Gasteiger partial charge on any atom is -0.366 e. The van der Waals surface area contributed by atoms with Gasteiger partial charge < -0.3 is 5.73 Å². The van der Waals surface area contributed by atoms with E-state index >= 15 is 0 Å². The van der Waals surface area contributed by atoms with Crippen molar-refractivity contribution >= 4 is 5.91 Å². The Bertz CT molecular complexity index is 585. The molecule has 1 amide bonds. The third-order valence-corrected chi connectivity index (χ3v) is 3.49. The van der Waals surface area contributed by atoms with Gasteiger partial charge in [-0.1, -0.05) is 44.2 Å². The quantitative estimate of drug-likeness (QED) is 0.889.